The molecule has 0 saturated carbocycles. The molecule has 0 aromatic heterocycles. The minimum atomic E-state index is -0.773. The fraction of sp³-hybridized carbons (Fsp3) is 0.892. The molecule has 0 aliphatic heterocycles. The van der Waals surface area contributed by atoms with Crippen molar-refractivity contribution in [1.29, 1.82) is 0 Å². The second kappa shape index (κ2) is 60.4. The molecule has 0 spiro atoms. The maximum absolute atomic E-state index is 12.9. The van der Waals surface area contributed by atoms with E-state index in [-0.39, 0.29) is 31.1 Å². The molecule has 0 aromatic rings. The number of esters is 3. The molecule has 6 nitrogen and oxygen atoms in total. The van der Waals surface area contributed by atoms with Crippen LogP contribution in [-0.2, 0) is 28.6 Å². The van der Waals surface area contributed by atoms with Crippen LogP contribution < -0.4 is 0 Å². The lowest BCUT2D eigenvalue weighted by Gasteiger charge is -2.18. The van der Waals surface area contributed by atoms with Crippen molar-refractivity contribution in [3.05, 3.63) is 24.3 Å². The van der Waals surface area contributed by atoms with E-state index in [0.29, 0.717) is 19.3 Å². The summed E-state index contributed by atoms with van der Waals surface area (Å²) in [5.74, 6) is -0.856. The number of carbonyl (C=O) groups excluding carboxylic acids is 3. The maximum Gasteiger partial charge on any atom is 0.306 e. The van der Waals surface area contributed by atoms with Gasteiger partial charge in [-0.25, -0.2) is 0 Å². The maximum atomic E-state index is 12.9. The minimum Gasteiger partial charge on any atom is -0.462 e. The molecule has 6 heteroatoms. The van der Waals surface area contributed by atoms with E-state index in [1.54, 1.807) is 0 Å². The molecular weight excluding hydrogens is 877 g/mol. The number of allylic oxidation sites excluding steroid dienone is 4. The molecule has 0 saturated heterocycles. The summed E-state index contributed by atoms with van der Waals surface area (Å²) >= 11 is 0. The third-order valence-electron chi connectivity index (χ3n) is 14.4. The van der Waals surface area contributed by atoms with Gasteiger partial charge in [0, 0.05) is 19.3 Å². The molecule has 0 fully saturated rings. The highest BCUT2D eigenvalue weighted by Crippen LogP contribution is 2.18. The SMILES string of the molecule is CCCCCC/C=C\CCCCCCCC(=O)OCC(COC(=O)CCCCCCCCCCCCCCCCCCCCCCC)OC(=O)CCCCCCCCCCC/C=C\CCCCCCCC. The van der Waals surface area contributed by atoms with Crippen LogP contribution in [0.4, 0.5) is 0 Å². The third-order valence-corrected chi connectivity index (χ3v) is 14.4. The highest BCUT2D eigenvalue weighted by atomic mass is 16.6. The fourth-order valence-corrected chi connectivity index (χ4v) is 9.61. The number of carbonyl (C=O) groups is 3. The van der Waals surface area contributed by atoms with Gasteiger partial charge in [0.25, 0.3) is 0 Å². The molecule has 0 aliphatic rings. The molecule has 0 N–H and O–H groups in total. The van der Waals surface area contributed by atoms with Gasteiger partial charge >= 0.3 is 17.9 Å². The summed E-state index contributed by atoms with van der Waals surface area (Å²) in [6.45, 7) is 6.68. The van der Waals surface area contributed by atoms with E-state index in [9.17, 15) is 14.4 Å². The van der Waals surface area contributed by atoms with Crippen molar-refractivity contribution in [3.8, 4) is 0 Å². The molecule has 1 unspecified atom stereocenters. The quantitative estimate of drug-likeness (QED) is 0.0261. The zero-order valence-corrected chi connectivity index (χ0v) is 48.0. The van der Waals surface area contributed by atoms with Gasteiger partial charge in [0.05, 0.1) is 0 Å². The third kappa shape index (κ3) is 58.7. The van der Waals surface area contributed by atoms with E-state index in [0.717, 1.165) is 64.2 Å². The van der Waals surface area contributed by atoms with Gasteiger partial charge in [0.2, 0.25) is 0 Å². The average molecular weight is 1000 g/mol. The molecule has 0 radical (unpaired) electrons. The van der Waals surface area contributed by atoms with E-state index in [2.05, 4.69) is 45.1 Å². The predicted octanol–water partition coefficient (Wildman–Crippen LogP) is 21.4. The summed E-state index contributed by atoms with van der Waals surface area (Å²) in [7, 11) is 0. The first-order valence-electron chi connectivity index (χ1n) is 31.8. The van der Waals surface area contributed by atoms with Gasteiger partial charge in [0.1, 0.15) is 13.2 Å². The van der Waals surface area contributed by atoms with Crippen molar-refractivity contribution in [2.24, 2.45) is 0 Å². The summed E-state index contributed by atoms with van der Waals surface area (Å²) in [5.41, 5.74) is 0. The van der Waals surface area contributed by atoms with Gasteiger partial charge in [-0.15, -0.1) is 0 Å². The molecule has 0 aliphatic carbocycles. The number of ether oxygens (including phenoxy) is 3. The van der Waals surface area contributed by atoms with E-state index in [1.807, 2.05) is 0 Å². The van der Waals surface area contributed by atoms with E-state index < -0.39 is 6.10 Å². The fourth-order valence-electron chi connectivity index (χ4n) is 9.61. The second-order valence-electron chi connectivity index (χ2n) is 21.7. The molecule has 0 amide bonds. The molecule has 418 valence electrons. The van der Waals surface area contributed by atoms with Crippen molar-refractivity contribution >= 4 is 17.9 Å². The number of rotatable bonds is 59. The van der Waals surface area contributed by atoms with Crippen molar-refractivity contribution in [2.45, 2.75) is 361 Å². The lowest BCUT2D eigenvalue weighted by atomic mass is 10.0. The summed E-state index contributed by atoms with van der Waals surface area (Å²) in [4.78, 5) is 38.3. The van der Waals surface area contributed by atoms with Gasteiger partial charge < -0.3 is 14.2 Å². The van der Waals surface area contributed by atoms with Crippen LogP contribution in [0, 0.1) is 0 Å². The van der Waals surface area contributed by atoms with Crippen LogP contribution >= 0.6 is 0 Å². The average Bonchev–Trinajstić information content (AvgIpc) is 3.37. The van der Waals surface area contributed by atoms with Crippen LogP contribution in [0.15, 0.2) is 24.3 Å². The van der Waals surface area contributed by atoms with Crippen LogP contribution in [0.25, 0.3) is 0 Å². The topological polar surface area (TPSA) is 78.9 Å². The Morgan fingerprint density at radius 3 is 0.718 bits per heavy atom. The van der Waals surface area contributed by atoms with Crippen molar-refractivity contribution in [3.63, 3.8) is 0 Å². The molecule has 0 heterocycles. The number of hydrogen-bond donors (Lipinski definition) is 0. The first-order valence-corrected chi connectivity index (χ1v) is 31.8. The predicted molar refractivity (Wildman–Crippen MR) is 307 cm³/mol. The zero-order valence-electron chi connectivity index (χ0n) is 48.0. The summed E-state index contributed by atoms with van der Waals surface area (Å²) in [5, 5.41) is 0. The minimum absolute atomic E-state index is 0.0697. The van der Waals surface area contributed by atoms with Crippen LogP contribution in [0.1, 0.15) is 355 Å². The van der Waals surface area contributed by atoms with Gasteiger partial charge in [-0.3, -0.25) is 14.4 Å². The van der Waals surface area contributed by atoms with Crippen LogP contribution in [0.3, 0.4) is 0 Å². The Morgan fingerprint density at radius 2 is 0.465 bits per heavy atom. The smallest absolute Gasteiger partial charge is 0.306 e. The summed E-state index contributed by atoms with van der Waals surface area (Å²) in [6.07, 6.45) is 71.8. The Bertz CT molecular complexity index is 1150. The Labute approximate surface area is 443 Å². The van der Waals surface area contributed by atoms with Crippen molar-refractivity contribution in [2.75, 3.05) is 13.2 Å². The molecule has 71 heavy (non-hydrogen) atoms. The van der Waals surface area contributed by atoms with E-state index >= 15 is 0 Å². The Balaban J connectivity index is 4.28. The molecule has 1 atom stereocenters. The van der Waals surface area contributed by atoms with Gasteiger partial charge in [-0.05, 0) is 70.6 Å². The normalized spacial score (nSPS) is 12.1. The van der Waals surface area contributed by atoms with Crippen LogP contribution in [0.5, 0.6) is 0 Å². The highest BCUT2D eigenvalue weighted by molar-refractivity contribution is 5.71. The Morgan fingerprint density at radius 1 is 0.268 bits per heavy atom. The zero-order chi connectivity index (χ0) is 51.4. The highest BCUT2D eigenvalue weighted by Gasteiger charge is 2.19. The standard InChI is InChI=1S/C65H122O6/c1-4-7-10-13-16-19-22-25-27-29-31-32-34-35-37-40-43-46-49-52-55-58-64(67)70-61-62(60-69-63(66)57-54-51-48-45-42-39-24-21-18-15-12-9-6-3)71-65(68)59-56-53-50-47-44-41-38-36-33-30-28-26-23-20-17-14-11-8-5-2/h21,24,26,28,62H,4-20,22-23,25,27,29-61H2,1-3H3/b24-21-,28-26-. The lowest BCUT2D eigenvalue weighted by Crippen LogP contribution is -2.30. The second-order valence-corrected chi connectivity index (χ2v) is 21.7. The van der Waals surface area contributed by atoms with Crippen LogP contribution in [-0.4, -0.2) is 37.2 Å². The molecule has 0 rings (SSSR count). The van der Waals surface area contributed by atoms with Crippen LogP contribution in [0.2, 0.25) is 0 Å². The lowest BCUT2D eigenvalue weighted by molar-refractivity contribution is -0.167. The Hall–Kier alpha value is -2.11. The van der Waals surface area contributed by atoms with Crippen molar-refractivity contribution in [1.82, 2.24) is 0 Å². The number of unbranched alkanes of at least 4 members (excludes halogenated alkanes) is 44. The molecular formula is C65H122O6. The van der Waals surface area contributed by atoms with E-state index in [4.69, 9.17) is 14.2 Å². The first kappa shape index (κ1) is 68.9. The van der Waals surface area contributed by atoms with Gasteiger partial charge in [-0.1, -0.05) is 289 Å². The largest absolute Gasteiger partial charge is 0.462 e. The molecule has 0 bridgehead atoms. The van der Waals surface area contributed by atoms with Crippen molar-refractivity contribution < 1.29 is 28.6 Å². The summed E-state index contributed by atoms with van der Waals surface area (Å²) < 4.78 is 16.9. The van der Waals surface area contributed by atoms with E-state index in [1.165, 1.54) is 250 Å². The van der Waals surface area contributed by atoms with Gasteiger partial charge in [0.15, 0.2) is 6.10 Å². The summed E-state index contributed by atoms with van der Waals surface area (Å²) in [6, 6.07) is 0. The Kier molecular flexibility index (Phi) is 58.6. The monoisotopic (exact) mass is 999 g/mol. The first-order chi connectivity index (χ1) is 35.0. The van der Waals surface area contributed by atoms with Gasteiger partial charge in [-0.2, -0.15) is 0 Å². The molecule has 0 aromatic carbocycles. The number of hydrogen-bond acceptors (Lipinski definition) is 6.